The Morgan fingerprint density at radius 1 is 0.759 bits per heavy atom. The summed E-state index contributed by atoms with van der Waals surface area (Å²) in [7, 11) is 1.70. The minimum absolute atomic E-state index is 0.459. The van der Waals surface area contributed by atoms with Crippen LogP contribution in [0, 0.1) is 0 Å². The van der Waals surface area contributed by atoms with Crippen molar-refractivity contribution >= 4 is 0 Å². The molecule has 0 fully saturated rings. The van der Waals surface area contributed by atoms with Gasteiger partial charge in [0.15, 0.2) is 0 Å². The average Bonchev–Trinajstić information content (AvgIpc) is 3.25. The molecule has 0 amide bonds. The van der Waals surface area contributed by atoms with Crippen LogP contribution in [-0.4, -0.2) is 18.6 Å². The van der Waals surface area contributed by atoms with Gasteiger partial charge in [-0.05, 0) is 47.0 Å². The van der Waals surface area contributed by atoms with Crippen LogP contribution in [0.25, 0.3) is 0 Å². The summed E-state index contributed by atoms with van der Waals surface area (Å²) in [6, 6.07) is 31.9. The number of rotatable bonds is 7. The van der Waals surface area contributed by atoms with Gasteiger partial charge in [0.25, 0.3) is 0 Å². The fraction of sp³-hybridized carbons (Fsp3) is 0.154. The van der Waals surface area contributed by atoms with Crippen LogP contribution in [0.1, 0.15) is 27.9 Å². The highest BCUT2D eigenvalue weighted by Gasteiger charge is 2.40. The van der Waals surface area contributed by atoms with Crippen molar-refractivity contribution in [2.45, 2.75) is 11.8 Å². The zero-order valence-corrected chi connectivity index (χ0v) is 16.6. The summed E-state index contributed by atoms with van der Waals surface area (Å²) >= 11 is 0. The summed E-state index contributed by atoms with van der Waals surface area (Å²) in [5.41, 5.74) is 11.5. The molecule has 3 nitrogen and oxygen atoms in total. The van der Waals surface area contributed by atoms with Crippen molar-refractivity contribution in [1.29, 1.82) is 0 Å². The van der Waals surface area contributed by atoms with Crippen LogP contribution < -0.4 is 10.5 Å². The highest BCUT2D eigenvalue weighted by molar-refractivity contribution is 5.61. The number of nitrogens with two attached hydrogens (primary N) is 1. The van der Waals surface area contributed by atoms with E-state index in [0.717, 1.165) is 17.9 Å². The van der Waals surface area contributed by atoms with Gasteiger partial charge in [0.1, 0.15) is 5.75 Å². The van der Waals surface area contributed by atoms with Crippen LogP contribution in [0.4, 0.5) is 0 Å². The SMILES string of the molecule is COc1ccc(C(c2ccccc2)(c2ccccc2)c2cc[nH]c2CCN)cc1. The molecule has 0 bridgehead atoms. The van der Waals surface area contributed by atoms with Gasteiger partial charge >= 0.3 is 0 Å². The van der Waals surface area contributed by atoms with E-state index in [1.807, 2.05) is 18.3 Å². The Hall–Kier alpha value is -3.30. The van der Waals surface area contributed by atoms with Gasteiger partial charge in [0.2, 0.25) is 0 Å². The Morgan fingerprint density at radius 3 is 1.83 bits per heavy atom. The lowest BCUT2D eigenvalue weighted by Gasteiger charge is -2.37. The third-order valence-electron chi connectivity index (χ3n) is 5.57. The van der Waals surface area contributed by atoms with Crippen LogP contribution in [0.3, 0.4) is 0 Å². The zero-order valence-electron chi connectivity index (χ0n) is 16.6. The molecule has 0 spiro atoms. The Balaban J connectivity index is 2.09. The molecule has 0 saturated carbocycles. The number of hydrogen-bond acceptors (Lipinski definition) is 2. The van der Waals surface area contributed by atoms with E-state index < -0.39 is 5.41 Å². The lowest BCUT2D eigenvalue weighted by molar-refractivity contribution is 0.414. The van der Waals surface area contributed by atoms with E-state index in [2.05, 4.69) is 83.8 Å². The second-order valence-corrected chi connectivity index (χ2v) is 7.12. The highest BCUT2D eigenvalue weighted by atomic mass is 16.5. The molecule has 146 valence electrons. The molecule has 4 aromatic rings. The van der Waals surface area contributed by atoms with E-state index in [4.69, 9.17) is 10.5 Å². The first-order valence-electron chi connectivity index (χ1n) is 9.93. The first kappa shape index (κ1) is 19.0. The number of benzene rings is 3. The molecule has 0 aliphatic carbocycles. The van der Waals surface area contributed by atoms with Crippen molar-refractivity contribution in [3.8, 4) is 5.75 Å². The van der Waals surface area contributed by atoms with Gasteiger partial charge in [-0.2, -0.15) is 0 Å². The number of H-pyrrole nitrogens is 1. The van der Waals surface area contributed by atoms with Gasteiger partial charge in [-0.25, -0.2) is 0 Å². The fourth-order valence-electron chi connectivity index (χ4n) is 4.29. The summed E-state index contributed by atoms with van der Waals surface area (Å²) in [5.74, 6) is 0.847. The Morgan fingerprint density at radius 2 is 1.31 bits per heavy atom. The van der Waals surface area contributed by atoms with Gasteiger partial charge in [-0.1, -0.05) is 72.8 Å². The largest absolute Gasteiger partial charge is 0.497 e. The molecular formula is C26H26N2O. The van der Waals surface area contributed by atoms with Gasteiger partial charge in [-0.3, -0.25) is 0 Å². The number of nitrogens with one attached hydrogen (secondary N) is 1. The van der Waals surface area contributed by atoms with Crippen LogP contribution in [0.15, 0.2) is 97.2 Å². The molecule has 1 aromatic heterocycles. The highest BCUT2D eigenvalue weighted by Crippen LogP contribution is 2.46. The second kappa shape index (κ2) is 8.38. The summed E-state index contributed by atoms with van der Waals surface area (Å²) in [6.07, 6.45) is 2.81. The van der Waals surface area contributed by atoms with Crippen molar-refractivity contribution in [2.24, 2.45) is 5.73 Å². The van der Waals surface area contributed by atoms with E-state index in [1.54, 1.807) is 7.11 Å². The first-order chi connectivity index (χ1) is 14.3. The van der Waals surface area contributed by atoms with Gasteiger partial charge in [0, 0.05) is 18.3 Å². The number of aromatic amines is 1. The lowest BCUT2D eigenvalue weighted by Crippen LogP contribution is -2.32. The molecular weight excluding hydrogens is 356 g/mol. The van der Waals surface area contributed by atoms with Crippen molar-refractivity contribution in [2.75, 3.05) is 13.7 Å². The van der Waals surface area contributed by atoms with Crippen molar-refractivity contribution in [3.05, 3.63) is 125 Å². The van der Waals surface area contributed by atoms with Gasteiger partial charge in [-0.15, -0.1) is 0 Å². The van der Waals surface area contributed by atoms with Gasteiger partial charge < -0.3 is 15.5 Å². The number of ether oxygens (including phenoxy) is 1. The number of methoxy groups -OCH3 is 1. The minimum atomic E-state index is -0.459. The number of aromatic nitrogens is 1. The predicted octanol–water partition coefficient (Wildman–Crippen LogP) is 4.91. The zero-order chi connectivity index (χ0) is 20.1. The van der Waals surface area contributed by atoms with E-state index in [-0.39, 0.29) is 0 Å². The monoisotopic (exact) mass is 382 g/mol. The Kier molecular flexibility index (Phi) is 5.50. The van der Waals surface area contributed by atoms with E-state index in [0.29, 0.717) is 6.54 Å². The minimum Gasteiger partial charge on any atom is -0.497 e. The van der Waals surface area contributed by atoms with Crippen LogP contribution in [-0.2, 0) is 11.8 Å². The maximum atomic E-state index is 5.95. The van der Waals surface area contributed by atoms with Crippen LogP contribution in [0.5, 0.6) is 5.75 Å². The van der Waals surface area contributed by atoms with E-state index in [1.165, 1.54) is 22.3 Å². The van der Waals surface area contributed by atoms with E-state index >= 15 is 0 Å². The predicted molar refractivity (Wildman–Crippen MR) is 118 cm³/mol. The van der Waals surface area contributed by atoms with Crippen molar-refractivity contribution < 1.29 is 4.74 Å². The third-order valence-corrected chi connectivity index (χ3v) is 5.57. The lowest BCUT2D eigenvalue weighted by atomic mass is 9.65. The quantitative estimate of drug-likeness (QED) is 0.446. The summed E-state index contributed by atoms with van der Waals surface area (Å²) in [6.45, 7) is 0.593. The molecule has 1 heterocycles. The molecule has 0 aliphatic rings. The van der Waals surface area contributed by atoms with Gasteiger partial charge in [0.05, 0.1) is 12.5 Å². The Labute approximate surface area is 172 Å². The molecule has 3 N–H and O–H groups in total. The molecule has 0 unspecified atom stereocenters. The summed E-state index contributed by atoms with van der Waals surface area (Å²) in [4.78, 5) is 3.44. The summed E-state index contributed by atoms with van der Waals surface area (Å²) in [5, 5.41) is 0. The van der Waals surface area contributed by atoms with Crippen LogP contribution in [0.2, 0.25) is 0 Å². The fourth-order valence-corrected chi connectivity index (χ4v) is 4.29. The molecule has 0 atom stereocenters. The molecule has 3 heteroatoms. The molecule has 3 aromatic carbocycles. The average molecular weight is 383 g/mol. The molecule has 0 saturated heterocycles. The first-order valence-corrected chi connectivity index (χ1v) is 9.93. The van der Waals surface area contributed by atoms with Crippen molar-refractivity contribution in [1.82, 2.24) is 4.98 Å². The topological polar surface area (TPSA) is 51.0 Å². The van der Waals surface area contributed by atoms with E-state index in [9.17, 15) is 0 Å². The van der Waals surface area contributed by atoms with Crippen LogP contribution >= 0.6 is 0 Å². The molecule has 0 radical (unpaired) electrons. The smallest absolute Gasteiger partial charge is 0.118 e. The third kappa shape index (κ3) is 3.34. The normalized spacial score (nSPS) is 11.4. The maximum Gasteiger partial charge on any atom is 0.118 e. The summed E-state index contributed by atoms with van der Waals surface area (Å²) < 4.78 is 5.42. The molecule has 0 aliphatic heterocycles. The Bertz CT molecular complexity index is 998. The molecule has 29 heavy (non-hydrogen) atoms. The number of hydrogen-bond donors (Lipinski definition) is 2. The van der Waals surface area contributed by atoms with Crippen molar-refractivity contribution in [3.63, 3.8) is 0 Å². The maximum absolute atomic E-state index is 5.95. The standard InChI is InChI=1S/C26H26N2O/c1-29-23-14-12-22(13-15-23)26(20-8-4-2-5-9-20,21-10-6-3-7-11-21)24-17-19-28-25(24)16-18-27/h2-15,17,19,28H,16,18,27H2,1H3. The molecule has 4 rings (SSSR count). The second-order valence-electron chi connectivity index (χ2n) is 7.12.